The normalized spacial score (nSPS) is 14.2. The van der Waals surface area contributed by atoms with Crippen LogP contribution >= 0.6 is 15.9 Å². The maximum atomic E-state index is 13.4. The lowest BCUT2D eigenvalue weighted by Gasteiger charge is -2.12. The molecule has 140 valence electrons. The summed E-state index contributed by atoms with van der Waals surface area (Å²) < 4.78 is 2.34. The van der Waals surface area contributed by atoms with Gasteiger partial charge in [-0.05, 0) is 42.5 Å². The summed E-state index contributed by atoms with van der Waals surface area (Å²) in [5.41, 5.74) is 3.09. The molecule has 1 aromatic heterocycles. The van der Waals surface area contributed by atoms with Crippen molar-refractivity contribution < 1.29 is 4.79 Å². The molecule has 0 radical (unpaired) electrons. The fraction of sp³-hybridized carbons (Fsp3) is 0. The lowest BCUT2D eigenvalue weighted by Crippen LogP contribution is -2.22. The van der Waals surface area contributed by atoms with Crippen molar-refractivity contribution in [2.75, 3.05) is 5.32 Å². The van der Waals surface area contributed by atoms with Crippen LogP contribution in [0.3, 0.4) is 0 Å². The number of para-hydroxylation sites is 2. The van der Waals surface area contributed by atoms with Crippen molar-refractivity contribution in [2.24, 2.45) is 0 Å². The maximum Gasteiger partial charge on any atom is 0.266 e. The number of rotatable bonds is 2. The molecule has 29 heavy (non-hydrogen) atoms. The molecular formula is C23H14BrN3O2. The van der Waals surface area contributed by atoms with Crippen molar-refractivity contribution in [3.63, 3.8) is 0 Å². The Hall–Kier alpha value is -3.51. The highest BCUT2D eigenvalue weighted by Crippen LogP contribution is 2.32. The highest BCUT2D eigenvalue weighted by molar-refractivity contribution is 9.10. The summed E-state index contributed by atoms with van der Waals surface area (Å²) in [7, 11) is 0. The van der Waals surface area contributed by atoms with Crippen molar-refractivity contribution in [1.29, 1.82) is 0 Å². The van der Waals surface area contributed by atoms with Gasteiger partial charge >= 0.3 is 0 Å². The summed E-state index contributed by atoms with van der Waals surface area (Å²) in [6, 6.07) is 22.2. The largest absolute Gasteiger partial charge is 0.321 e. The number of fused-ring (bicyclic) bond motifs is 2. The van der Waals surface area contributed by atoms with Gasteiger partial charge in [0.05, 0.1) is 22.2 Å². The van der Waals surface area contributed by atoms with Crippen LogP contribution in [0.4, 0.5) is 5.69 Å². The monoisotopic (exact) mass is 443 g/mol. The zero-order chi connectivity index (χ0) is 20.0. The molecule has 0 bridgehead atoms. The molecule has 1 aliphatic rings. The highest BCUT2D eigenvalue weighted by Gasteiger charge is 2.24. The Morgan fingerprint density at radius 1 is 0.931 bits per heavy atom. The van der Waals surface area contributed by atoms with Gasteiger partial charge in [0.25, 0.3) is 11.5 Å². The Morgan fingerprint density at radius 3 is 2.52 bits per heavy atom. The van der Waals surface area contributed by atoms with Gasteiger partial charge in [0.2, 0.25) is 0 Å². The highest BCUT2D eigenvalue weighted by atomic mass is 79.9. The van der Waals surface area contributed by atoms with Crippen LogP contribution in [0.25, 0.3) is 28.2 Å². The Morgan fingerprint density at radius 2 is 1.69 bits per heavy atom. The van der Waals surface area contributed by atoms with Gasteiger partial charge in [-0.25, -0.2) is 4.98 Å². The lowest BCUT2D eigenvalue weighted by atomic mass is 10.1. The van der Waals surface area contributed by atoms with Gasteiger partial charge < -0.3 is 5.32 Å². The van der Waals surface area contributed by atoms with Crippen molar-refractivity contribution >= 4 is 50.1 Å². The Balaban J connectivity index is 1.83. The van der Waals surface area contributed by atoms with Crippen molar-refractivity contribution in [1.82, 2.24) is 9.55 Å². The van der Waals surface area contributed by atoms with E-state index in [1.807, 2.05) is 60.7 Å². The van der Waals surface area contributed by atoms with E-state index in [1.54, 1.807) is 18.2 Å². The number of hydrogen-bond donors (Lipinski definition) is 1. The predicted molar refractivity (Wildman–Crippen MR) is 118 cm³/mol. The van der Waals surface area contributed by atoms with E-state index in [-0.39, 0.29) is 11.5 Å². The van der Waals surface area contributed by atoms with Crippen molar-refractivity contribution in [2.45, 2.75) is 0 Å². The first-order valence-corrected chi connectivity index (χ1v) is 9.81. The van der Waals surface area contributed by atoms with Gasteiger partial charge in [0, 0.05) is 15.7 Å². The SMILES string of the molecule is O=C1Nc2ccccc2/C1=C\c1nc2ccc(Br)cc2c(=O)n1-c1ccccc1. The molecule has 6 heteroatoms. The minimum absolute atomic E-state index is 0.193. The molecule has 5 rings (SSSR count). The number of nitrogens with one attached hydrogen (secondary N) is 1. The first-order chi connectivity index (χ1) is 14.1. The molecule has 2 heterocycles. The summed E-state index contributed by atoms with van der Waals surface area (Å²) in [5, 5.41) is 3.36. The van der Waals surface area contributed by atoms with Crippen molar-refractivity contribution in [3.05, 3.63) is 99.0 Å². The van der Waals surface area contributed by atoms with Crippen molar-refractivity contribution in [3.8, 4) is 5.69 Å². The summed E-state index contributed by atoms with van der Waals surface area (Å²) in [5.74, 6) is 0.189. The van der Waals surface area contributed by atoms with Crippen LogP contribution in [0, 0.1) is 0 Å². The molecule has 5 nitrogen and oxygen atoms in total. The lowest BCUT2D eigenvalue weighted by molar-refractivity contribution is -0.110. The fourth-order valence-electron chi connectivity index (χ4n) is 3.51. The van der Waals surface area contributed by atoms with E-state index in [0.717, 1.165) is 15.7 Å². The van der Waals surface area contributed by atoms with E-state index in [4.69, 9.17) is 4.98 Å². The second-order valence-electron chi connectivity index (χ2n) is 6.67. The van der Waals surface area contributed by atoms with Gasteiger partial charge in [0.1, 0.15) is 5.82 Å². The number of amides is 1. The zero-order valence-corrected chi connectivity index (χ0v) is 16.7. The topological polar surface area (TPSA) is 64.0 Å². The van der Waals surface area contributed by atoms with Gasteiger partial charge in [-0.2, -0.15) is 0 Å². The molecular weight excluding hydrogens is 430 g/mol. The third-order valence-corrected chi connectivity index (χ3v) is 5.35. The van der Waals surface area contributed by atoms with E-state index >= 15 is 0 Å². The minimum Gasteiger partial charge on any atom is -0.321 e. The van der Waals surface area contributed by atoms with Crippen LogP contribution in [0.5, 0.6) is 0 Å². The molecule has 0 saturated carbocycles. The van der Waals surface area contributed by atoms with E-state index in [0.29, 0.717) is 28.0 Å². The summed E-state index contributed by atoms with van der Waals surface area (Å²) in [4.78, 5) is 30.7. The van der Waals surface area contributed by atoms with Gasteiger partial charge in [0.15, 0.2) is 0 Å². The van der Waals surface area contributed by atoms with Gasteiger partial charge in [-0.15, -0.1) is 0 Å². The molecule has 0 aliphatic carbocycles. The molecule has 0 unspecified atom stereocenters. The molecule has 0 atom stereocenters. The number of anilines is 1. The Bertz CT molecular complexity index is 1370. The number of carbonyl (C=O) groups excluding carboxylic acids is 1. The fourth-order valence-corrected chi connectivity index (χ4v) is 3.87. The molecule has 0 fully saturated rings. The molecule has 0 spiro atoms. The quantitative estimate of drug-likeness (QED) is 0.459. The predicted octanol–water partition coefficient (Wildman–Crippen LogP) is 4.64. The molecule has 1 N–H and O–H groups in total. The van der Waals surface area contributed by atoms with Crippen LogP contribution in [0.1, 0.15) is 11.4 Å². The number of benzene rings is 3. The first-order valence-electron chi connectivity index (χ1n) is 9.02. The number of aromatic nitrogens is 2. The van der Waals surface area contributed by atoms with Gasteiger partial charge in [-0.3, -0.25) is 14.2 Å². The Kier molecular flexibility index (Phi) is 4.14. The van der Waals surface area contributed by atoms with Crippen LogP contribution in [0.2, 0.25) is 0 Å². The first kappa shape index (κ1) is 17.6. The van der Waals surface area contributed by atoms with Crippen LogP contribution in [0.15, 0.2) is 82.1 Å². The second kappa shape index (κ2) is 6.83. The maximum absolute atomic E-state index is 13.4. The third kappa shape index (κ3) is 2.98. The minimum atomic E-state index is -0.212. The standard InChI is InChI=1S/C23H14BrN3O2/c24-14-10-11-20-18(12-14)23(29)27(15-6-2-1-3-7-15)21(25-20)13-17-16-8-4-5-9-19(16)26-22(17)28/h1-13H,(H,26,28)/b17-13+. The average molecular weight is 444 g/mol. The van der Waals surface area contributed by atoms with Crippen LogP contribution in [-0.2, 0) is 4.79 Å². The summed E-state index contributed by atoms with van der Waals surface area (Å²) in [6.45, 7) is 0. The molecule has 1 amide bonds. The number of carbonyl (C=O) groups is 1. The molecule has 4 aromatic rings. The van der Waals surface area contributed by atoms with E-state index in [9.17, 15) is 9.59 Å². The third-order valence-electron chi connectivity index (χ3n) is 4.85. The second-order valence-corrected chi connectivity index (χ2v) is 7.58. The van der Waals surface area contributed by atoms with E-state index < -0.39 is 0 Å². The number of hydrogen-bond acceptors (Lipinski definition) is 3. The number of halogens is 1. The zero-order valence-electron chi connectivity index (χ0n) is 15.1. The molecule has 3 aromatic carbocycles. The van der Waals surface area contributed by atoms with E-state index in [1.165, 1.54) is 4.57 Å². The number of nitrogens with zero attached hydrogens (tertiary/aromatic N) is 2. The average Bonchev–Trinajstić information content (AvgIpc) is 3.05. The smallest absolute Gasteiger partial charge is 0.266 e. The van der Waals surface area contributed by atoms with E-state index in [2.05, 4.69) is 21.2 Å². The summed E-state index contributed by atoms with van der Waals surface area (Å²) >= 11 is 3.42. The Labute approximate surface area is 174 Å². The molecule has 0 saturated heterocycles. The summed E-state index contributed by atoms with van der Waals surface area (Å²) in [6.07, 6.45) is 1.68. The molecule has 1 aliphatic heterocycles. The van der Waals surface area contributed by atoms with Crippen LogP contribution in [-0.4, -0.2) is 15.5 Å². The van der Waals surface area contributed by atoms with Gasteiger partial charge in [-0.1, -0.05) is 52.3 Å². The van der Waals surface area contributed by atoms with Crippen LogP contribution < -0.4 is 10.9 Å².